The van der Waals surface area contributed by atoms with E-state index in [1.165, 1.54) is 108 Å². The van der Waals surface area contributed by atoms with Crippen LogP contribution in [-0.4, -0.2) is 37.9 Å². The van der Waals surface area contributed by atoms with Crippen molar-refractivity contribution in [1.29, 1.82) is 0 Å². The maximum atomic E-state index is 9.78. The Bertz CT molecular complexity index is 489. The SMILES string of the molecule is CCCCCCCCCCCCCCCCSCC(CO)C1CC=CCC1C.O=P(O)(O)O. The number of unbranched alkanes of at least 4 members (excludes halogenated alkanes) is 13. The zero-order valence-electron chi connectivity index (χ0n) is 21.4. The van der Waals surface area contributed by atoms with E-state index < -0.39 is 7.82 Å². The van der Waals surface area contributed by atoms with Gasteiger partial charge in [0.25, 0.3) is 0 Å². The smallest absolute Gasteiger partial charge is 0.396 e. The van der Waals surface area contributed by atoms with Crippen LogP contribution in [-0.2, 0) is 4.57 Å². The van der Waals surface area contributed by atoms with Gasteiger partial charge in [0.15, 0.2) is 0 Å². The number of rotatable bonds is 19. The largest absolute Gasteiger partial charge is 0.466 e. The Hall–Kier alpha value is 0.160. The standard InChI is InChI=1S/C26H50OS.H3O4P/c1-3-4-5-6-7-8-9-10-11-12-13-14-15-18-21-28-23-25(22-27)26-20-17-16-19-24(26)2;1-5(2,3)4/h16-17,24-27H,3-15,18-23H2,1-2H3;(H3,1,2,3,4). The van der Waals surface area contributed by atoms with Crippen molar-refractivity contribution in [2.45, 2.75) is 117 Å². The predicted octanol–water partition coefficient (Wildman–Crippen LogP) is 7.48. The highest BCUT2D eigenvalue weighted by Crippen LogP contribution is 2.33. The predicted molar refractivity (Wildman–Crippen MR) is 144 cm³/mol. The van der Waals surface area contributed by atoms with Gasteiger partial charge in [-0.2, -0.15) is 11.8 Å². The van der Waals surface area contributed by atoms with Crippen LogP contribution in [0.3, 0.4) is 0 Å². The molecule has 0 saturated carbocycles. The molecule has 1 aliphatic rings. The summed E-state index contributed by atoms with van der Waals surface area (Å²) >= 11 is 2.08. The van der Waals surface area contributed by atoms with Crippen LogP contribution in [0.15, 0.2) is 12.2 Å². The van der Waals surface area contributed by atoms with Crippen molar-refractivity contribution in [3.8, 4) is 0 Å². The Kier molecular flexibility index (Phi) is 22.7. The summed E-state index contributed by atoms with van der Waals surface area (Å²) in [7, 11) is -4.64. The first-order chi connectivity index (χ1) is 15.8. The van der Waals surface area contributed by atoms with Crippen LogP contribution in [0.25, 0.3) is 0 Å². The Morgan fingerprint density at radius 2 is 1.24 bits per heavy atom. The number of allylic oxidation sites excluding steroid dienone is 2. The summed E-state index contributed by atoms with van der Waals surface area (Å²) in [6, 6.07) is 0. The van der Waals surface area contributed by atoms with Crippen LogP contribution in [0.2, 0.25) is 0 Å². The summed E-state index contributed by atoms with van der Waals surface area (Å²) in [5.41, 5.74) is 0. The number of hydrogen-bond acceptors (Lipinski definition) is 3. The van der Waals surface area contributed by atoms with Crippen molar-refractivity contribution in [3.63, 3.8) is 0 Å². The Balaban J connectivity index is 0.00000184. The quantitative estimate of drug-likeness (QED) is 0.0820. The average molecular weight is 509 g/mol. The average Bonchev–Trinajstić information content (AvgIpc) is 2.76. The topological polar surface area (TPSA) is 98.0 Å². The number of aliphatic hydroxyl groups excluding tert-OH is 1. The third kappa shape index (κ3) is 23.7. The van der Waals surface area contributed by atoms with Crippen molar-refractivity contribution in [3.05, 3.63) is 12.2 Å². The van der Waals surface area contributed by atoms with E-state index in [-0.39, 0.29) is 0 Å². The summed E-state index contributed by atoms with van der Waals surface area (Å²) in [5.74, 6) is 4.36. The molecule has 0 radical (unpaired) electrons. The monoisotopic (exact) mass is 508 g/mol. The second-order valence-corrected chi connectivity index (χ2v) is 11.9. The zero-order chi connectivity index (χ0) is 24.8. The molecule has 4 N–H and O–H groups in total. The van der Waals surface area contributed by atoms with Gasteiger partial charge in [-0.25, -0.2) is 4.57 Å². The fourth-order valence-corrected chi connectivity index (χ4v) is 5.80. The van der Waals surface area contributed by atoms with Crippen LogP contribution in [0.1, 0.15) is 117 Å². The summed E-state index contributed by atoms with van der Waals surface area (Å²) in [5, 5.41) is 9.78. The van der Waals surface area contributed by atoms with E-state index in [0.717, 1.165) is 11.7 Å². The second kappa shape index (κ2) is 22.6. The minimum Gasteiger partial charge on any atom is -0.396 e. The normalized spacial score (nSPS) is 19.2. The van der Waals surface area contributed by atoms with Crippen LogP contribution in [0, 0.1) is 17.8 Å². The van der Waals surface area contributed by atoms with Crippen molar-refractivity contribution in [1.82, 2.24) is 0 Å². The van der Waals surface area contributed by atoms with Crippen LogP contribution >= 0.6 is 19.6 Å². The highest BCUT2D eigenvalue weighted by Gasteiger charge is 2.26. The van der Waals surface area contributed by atoms with Gasteiger partial charge in [0, 0.05) is 6.61 Å². The second-order valence-electron chi connectivity index (χ2n) is 9.71. The lowest BCUT2D eigenvalue weighted by atomic mass is 9.77. The lowest BCUT2D eigenvalue weighted by molar-refractivity contribution is 0.154. The first-order valence-corrected chi connectivity index (χ1v) is 16.1. The minimum atomic E-state index is -4.64. The first-order valence-electron chi connectivity index (χ1n) is 13.4. The number of phosphoric acid groups is 1. The summed E-state index contributed by atoms with van der Waals surface area (Å²) in [6.07, 6.45) is 27.1. The van der Waals surface area contributed by atoms with Gasteiger partial charge < -0.3 is 19.8 Å². The van der Waals surface area contributed by atoms with Crippen molar-refractivity contribution in [2.75, 3.05) is 18.1 Å². The highest BCUT2D eigenvalue weighted by atomic mass is 32.2. The molecule has 0 aromatic carbocycles. The fourth-order valence-electron chi connectivity index (χ4n) is 4.57. The molecule has 0 aromatic heterocycles. The Morgan fingerprint density at radius 3 is 1.67 bits per heavy atom. The Morgan fingerprint density at radius 1 is 0.818 bits per heavy atom. The molecule has 7 heteroatoms. The van der Waals surface area contributed by atoms with Crippen LogP contribution < -0.4 is 0 Å². The van der Waals surface area contributed by atoms with Gasteiger partial charge in [0.1, 0.15) is 0 Å². The number of thioether (sulfide) groups is 1. The molecule has 0 aromatic rings. The molecule has 198 valence electrons. The molecule has 0 spiro atoms. The summed E-state index contributed by atoms with van der Waals surface area (Å²) in [4.78, 5) is 21.6. The van der Waals surface area contributed by atoms with Crippen molar-refractivity contribution in [2.24, 2.45) is 17.8 Å². The van der Waals surface area contributed by atoms with E-state index >= 15 is 0 Å². The van der Waals surface area contributed by atoms with Crippen molar-refractivity contribution >= 4 is 19.6 Å². The lowest BCUT2D eigenvalue weighted by Crippen LogP contribution is -2.27. The third-order valence-electron chi connectivity index (χ3n) is 6.63. The molecule has 33 heavy (non-hydrogen) atoms. The van der Waals surface area contributed by atoms with E-state index in [1.807, 2.05) is 0 Å². The van der Waals surface area contributed by atoms with Gasteiger partial charge in [0.2, 0.25) is 0 Å². The summed E-state index contributed by atoms with van der Waals surface area (Å²) in [6.45, 7) is 5.02. The lowest BCUT2D eigenvalue weighted by Gasteiger charge is -2.31. The number of aliphatic hydroxyl groups is 1. The van der Waals surface area contributed by atoms with Gasteiger partial charge in [-0.1, -0.05) is 109 Å². The van der Waals surface area contributed by atoms with E-state index in [2.05, 4.69) is 37.8 Å². The van der Waals surface area contributed by atoms with E-state index in [9.17, 15) is 5.11 Å². The minimum absolute atomic E-state index is 0.370. The molecule has 0 amide bonds. The third-order valence-corrected chi connectivity index (χ3v) is 7.87. The molecule has 0 saturated heterocycles. The first kappa shape index (κ1) is 33.2. The molecule has 0 aliphatic heterocycles. The Labute approximate surface area is 208 Å². The molecular formula is C26H53O5PS. The molecule has 0 bridgehead atoms. The molecule has 3 unspecified atom stereocenters. The van der Waals surface area contributed by atoms with Gasteiger partial charge in [-0.15, -0.1) is 0 Å². The van der Waals surface area contributed by atoms with Crippen molar-refractivity contribution < 1.29 is 24.4 Å². The van der Waals surface area contributed by atoms with Gasteiger partial charge in [-0.3, -0.25) is 0 Å². The van der Waals surface area contributed by atoms with E-state index in [1.54, 1.807) is 0 Å². The van der Waals surface area contributed by atoms with Crippen LogP contribution in [0.5, 0.6) is 0 Å². The maximum Gasteiger partial charge on any atom is 0.466 e. The summed E-state index contributed by atoms with van der Waals surface area (Å²) < 4.78 is 8.88. The molecule has 1 rings (SSSR count). The highest BCUT2D eigenvalue weighted by molar-refractivity contribution is 7.99. The van der Waals surface area contributed by atoms with Gasteiger partial charge in [0.05, 0.1) is 0 Å². The van der Waals surface area contributed by atoms with Gasteiger partial charge in [-0.05, 0) is 48.5 Å². The van der Waals surface area contributed by atoms with E-state index in [4.69, 9.17) is 19.2 Å². The molecule has 1 aliphatic carbocycles. The molecule has 0 heterocycles. The molecule has 3 atom stereocenters. The maximum absolute atomic E-state index is 9.78. The van der Waals surface area contributed by atoms with Crippen LogP contribution in [0.4, 0.5) is 0 Å². The number of hydrogen-bond donors (Lipinski definition) is 4. The molecule has 5 nitrogen and oxygen atoms in total. The molecular weight excluding hydrogens is 455 g/mol. The fraction of sp³-hybridized carbons (Fsp3) is 0.923. The van der Waals surface area contributed by atoms with E-state index in [0.29, 0.717) is 18.4 Å². The zero-order valence-corrected chi connectivity index (χ0v) is 23.1. The molecule has 0 fully saturated rings. The van der Waals surface area contributed by atoms with Gasteiger partial charge >= 0.3 is 7.82 Å².